The van der Waals surface area contributed by atoms with Gasteiger partial charge in [-0.1, -0.05) is 0 Å². The Bertz CT molecular complexity index is 710. The summed E-state index contributed by atoms with van der Waals surface area (Å²) in [5.41, 5.74) is -0.972. The Labute approximate surface area is 130 Å². The summed E-state index contributed by atoms with van der Waals surface area (Å²) in [5, 5.41) is 0. The molecular weight excluding hydrogens is 311 g/mol. The van der Waals surface area contributed by atoms with Crippen LogP contribution in [0.1, 0.15) is 5.56 Å². The van der Waals surface area contributed by atoms with Gasteiger partial charge in [-0.3, -0.25) is 4.79 Å². The van der Waals surface area contributed by atoms with E-state index in [1.165, 1.54) is 7.11 Å². The molecule has 0 aliphatic heterocycles. The maximum Gasteiger partial charge on any atom is 0.416 e. The average molecular weight is 323 g/mol. The number of aldehydes is 1. The minimum atomic E-state index is -4.51. The van der Waals surface area contributed by atoms with E-state index in [9.17, 15) is 18.0 Å². The molecule has 2 rings (SSSR count). The maximum atomic E-state index is 12.8. The van der Waals surface area contributed by atoms with Gasteiger partial charge >= 0.3 is 6.18 Å². The second kappa shape index (κ2) is 6.95. The molecule has 0 radical (unpaired) electrons. The smallest absolute Gasteiger partial charge is 0.416 e. The Hall–Kier alpha value is -2.83. The molecule has 0 spiro atoms. The lowest BCUT2D eigenvalue weighted by Crippen LogP contribution is -2.04. The largest absolute Gasteiger partial charge is 0.497 e. The molecule has 0 unspecified atom stereocenters. The van der Waals surface area contributed by atoms with E-state index in [1.807, 2.05) is 0 Å². The van der Waals surface area contributed by atoms with Crippen molar-refractivity contribution in [3.63, 3.8) is 0 Å². The first kappa shape index (κ1) is 16.5. The fourth-order valence-electron chi connectivity index (χ4n) is 1.76. The van der Waals surface area contributed by atoms with E-state index in [1.54, 1.807) is 24.3 Å². The van der Waals surface area contributed by atoms with Gasteiger partial charge in [-0.05, 0) is 42.5 Å². The van der Waals surface area contributed by atoms with Crippen molar-refractivity contribution in [2.24, 2.45) is 4.99 Å². The molecule has 0 fully saturated rings. The minimum Gasteiger partial charge on any atom is -0.497 e. The van der Waals surface area contributed by atoms with Crippen molar-refractivity contribution < 1.29 is 27.4 Å². The van der Waals surface area contributed by atoms with Crippen LogP contribution >= 0.6 is 0 Å². The van der Waals surface area contributed by atoms with Gasteiger partial charge < -0.3 is 9.47 Å². The molecule has 0 heterocycles. The molecule has 4 nitrogen and oxygen atoms in total. The predicted molar refractivity (Wildman–Crippen MR) is 78.7 cm³/mol. The van der Waals surface area contributed by atoms with E-state index in [-0.39, 0.29) is 11.4 Å². The molecule has 0 saturated carbocycles. The molecule has 0 aliphatic carbocycles. The van der Waals surface area contributed by atoms with Gasteiger partial charge in [-0.15, -0.1) is 0 Å². The monoisotopic (exact) mass is 323 g/mol. The first-order chi connectivity index (χ1) is 10.9. The molecule has 23 heavy (non-hydrogen) atoms. The average Bonchev–Trinajstić information content (AvgIpc) is 2.53. The number of nitrogens with zero attached hydrogens (tertiary/aromatic N) is 1. The zero-order valence-electron chi connectivity index (χ0n) is 12.0. The van der Waals surface area contributed by atoms with E-state index in [2.05, 4.69) is 4.99 Å². The van der Waals surface area contributed by atoms with Crippen molar-refractivity contribution >= 4 is 18.2 Å². The molecule has 2 aromatic carbocycles. The number of rotatable bonds is 5. The van der Waals surface area contributed by atoms with E-state index in [0.29, 0.717) is 17.8 Å². The van der Waals surface area contributed by atoms with Crippen LogP contribution in [0.25, 0.3) is 0 Å². The van der Waals surface area contributed by atoms with Crippen LogP contribution in [0, 0.1) is 0 Å². The van der Waals surface area contributed by atoms with Gasteiger partial charge in [0.05, 0.1) is 18.9 Å². The third-order valence-electron chi connectivity index (χ3n) is 2.85. The molecule has 0 amide bonds. The standard InChI is InChI=1S/C16H12F3NO3/c1-22-12-3-5-13(6-4-12)23-15-7-2-11(16(17,18)19)10-14(15)20-8-9-21/h2-10H,1H3. The molecular formula is C16H12F3NO3. The number of ether oxygens (including phenoxy) is 2. The van der Waals surface area contributed by atoms with Crippen molar-refractivity contribution in [3.05, 3.63) is 48.0 Å². The number of hydrogen-bond acceptors (Lipinski definition) is 4. The first-order valence-electron chi connectivity index (χ1n) is 6.45. The summed E-state index contributed by atoms with van der Waals surface area (Å²) in [6, 6.07) is 9.36. The molecule has 0 N–H and O–H groups in total. The lowest BCUT2D eigenvalue weighted by molar-refractivity contribution is -0.137. The number of benzene rings is 2. The van der Waals surface area contributed by atoms with Crippen LogP contribution in [0.15, 0.2) is 47.5 Å². The zero-order valence-corrected chi connectivity index (χ0v) is 12.0. The van der Waals surface area contributed by atoms with Crippen LogP contribution in [0.3, 0.4) is 0 Å². The Morgan fingerprint density at radius 2 is 1.70 bits per heavy atom. The predicted octanol–water partition coefficient (Wildman–Crippen LogP) is 4.41. The van der Waals surface area contributed by atoms with Crippen LogP contribution < -0.4 is 9.47 Å². The summed E-state index contributed by atoms with van der Waals surface area (Å²) in [7, 11) is 1.51. The quantitative estimate of drug-likeness (QED) is 0.605. The second-order valence-corrected chi connectivity index (χ2v) is 4.37. The van der Waals surface area contributed by atoms with Crippen molar-refractivity contribution in [1.82, 2.24) is 0 Å². The van der Waals surface area contributed by atoms with Gasteiger partial charge in [-0.2, -0.15) is 13.2 Å². The van der Waals surface area contributed by atoms with Crippen LogP contribution in [0.5, 0.6) is 17.2 Å². The number of hydrogen-bond donors (Lipinski definition) is 0. The molecule has 0 atom stereocenters. The fraction of sp³-hybridized carbons (Fsp3) is 0.125. The first-order valence-corrected chi connectivity index (χ1v) is 6.45. The highest BCUT2D eigenvalue weighted by atomic mass is 19.4. The SMILES string of the molecule is COc1ccc(Oc2ccc(C(F)(F)F)cc2N=CC=O)cc1. The Morgan fingerprint density at radius 3 is 2.26 bits per heavy atom. The highest BCUT2D eigenvalue weighted by Gasteiger charge is 2.31. The second-order valence-electron chi connectivity index (χ2n) is 4.37. The molecule has 0 aliphatic rings. The summed E-state index contributed by atoms with van der Waals surface area (Å²) in [5.74, 6) is 1.11. The summed E-state index contributed by atoms with van der Waals surface area (Å²) in [4.78, 5) is 14.1. The number of carbonyl (C=O) groups excluding carboxylic acids is 1. The van der Waals surface area contributed by atoms with Crippen LogP contribution in [-0.2, 0) is 11.0 Å². The normalized spacial score (nSPS) is 11.5. The molecule has 0 saturated heterocycles. The number of halogens is 3. The number of carbonyl (C=O) groups is 1. The van der Waals surface area contributed by atoms with Crippen molar-refractivity contribution in [2.45, 2.75) is 6.18 Å². The van der Waals surface area contributed by atoms with Gasteiger partial charge in [0.25, 0.3) is 0 Å². The van der Waals surface area contributed by atoms with Gasteiger partial charge in [0, 0.05) is 0 Å². The number of aliphatic imine (C=N–C) groups is 1. The van der Waals surface area contributed by atoms with E-state index in [0.717, 1.165) is 24.4 Å². The fourth-order valence-corrected chi connectivity index (χ4v) is 1.76. The number of alkyl halides is 3. The summed E-state index contributed by atoms with van der Waals surface area (Å²) in [6.45, 7) is 0. The van der Waals surface area contributed by atoms with Crippen molar-refractivity contribution in [2.75, 3.05) is 7.11 Å². The topological polar surface area (TPSA) is 47.9 Å². The Kier molecular flexibility index (Phi) is 5.00. The highest BCUT2D eigenvalue weighted by Crippen LogP contribution is 2.38. The lowest BCUT2D eigenvalue weighted by atomic mass is 10.2. The molecule has 0 bridgehead atoms. The third-order valence-corrected chi connectivity index (χ3v) is 2.85. The lowest BCUT2D eigenvalue weighted by Gasteiger charge is -2.12. The Morgan fingerprint density at radius 1 is 1.04 bits per heavy atom. The molecule has 0 aromatic heterocycles. The minimum absolute atomic E-state index is 0.0947. The molecule has 2 aromatic rings. The van der Waals surface area contributed by atoms with E-state index < -0.39 is 11.7 Å². The van der Waals surface area contributed by atoms with Gasteiger partial charge in [-0.25, -0.2) is 4.99 Å². The van der Waals surface area contributed by atoms with Gasteiger partial charge in [0.2, 0.25) is 0 Å². The highest BCUT2D eigenvalue weighted by molar-refractivity contribution is 6.13. The van der Waals surface area contributed by atoms with Crippen molar-refractivity contribution in [3.8, 4) is 17.2 Å². The van der Waals surface area contributed by atoms with Crippen LogP contribution in [0.2, 0.25) is 0 Å². The van der Waals surface area contributed by atoms with Gasteiger partial charge in [0.15, 0.2) is 12.0 Å². The summed E-state index contributed by atoms with van der Waals surface area (Å²) < 4.78 is 48.8. The van der Waals surface area contributed by atoms with E-state index >= 15 is 0 Å². The van der Waals surface area contributed by atoms with Crippen molar-refractivity contribution in [1.29, 1.82) is 0 Å². The van der Waals surface area contributed by atoms with E-state index in [4.69, 9.17) is 9.47 Å². The zero-order chi connectivity index (χ0) is 16.9. The third kappa shape index (κ3) is 4.32. The molecule has 120 valence electrons. The molecule has 7 heteroatoms. The van der Waals surface area contributed by atoms with Gasteiger partial charge in [0.1, 0.15) is 17.2 Å². The van der Waals surface area contributed by atoms with Crippen LogP contribution in [0.4, 0.5) is 18.9 Å². The maximum absolute atomic E-state index is 12.8. The number of methoxy groups -OCH3 is 1. The van der Waals surface area contributed by atoms with Crippen LogP contribution in [-0.4, -0.2) is 19.6 Å². The summed E-state index contributed by atoms with van der Waals surface area (Å²) >= 11 is 0. The Balaban J connectivity index is 2.35. The summed E-state index contributed by atoms with van der Waals surface area (Å²) in [6.07, 6.45) is -3.28.